The number of phosphoric acid groups is 1. The van der Waals surface area contributed by atoms with Crippen LogP contribution in [0.2, 0.25) is 0 Å². The molecule has 0 fully saturated rings. The van der Waals surface area contributed by atoms with Crippen molar-refractivity contribution in [3.05, 3.63) is 36.5 Å². The lowest BCUT2D eigenvalue weighted by Gasteiger charge is -2.20. The number of hydrogen-bond acceptors (Lipinski definition) is 8. The highest BCUT2D eigenvalue weighted by molar-refractivity contribution is 7.47. The van der Waals surface area contributed by atoms with Gasteiger partial charge < -0.3 is 25.2 Å². The van der Waals surface area contributed by atoms with Gasteiger partial charge in [-0.15, -0.1) is 0 Å². The smallest absolute Gasteiger partial charge is 0.472 e. The van der Waals surface area contributed by atoms with Gasteiger partial charge in [0.05, 0.1) is 19.8 Å². The molecule has 3 atom stereocenters. The Morgan fingerprint density at radius 2 is 1.19 bits per heavy atom. The monoisotopic (exact) mass is 701 g/mol. The number of rotatable bonds is 35. The number of unbranched alkanes of at least 4 members (excludes halogenated alkanes) is 15. The van der Waals surface area contributed by atoms with Crippen molar-refractivity contribution in [2.45, 2.75) is 161 Å². The molecule has 0 aromatic rings. The molecule has 0 heterocycles. The normalized spacial score (nSPS) is 14.6. The van der Waals surface area contributed by atoms with Crippen LogP contribution in [0.4, 0.5) is 0 Å². The zero-order valence-electron chi connectivity index (χ0n) is 30.1. The molecular formula is C37H68NO9P. The third kappa shape index (κ3) is 32.7. The summed E-state index contributed by atoms with van der Waals surface area (Å²) in [5.41, 5.74) is 5.33. The SMILES string of the molecule is CCC/C=C\C/C=C\CCCCCCCC(=O)OC(COCCCCCCCC/C=C\CCCCC)COP(=O)(O)OCC(N)C(=O)O. The molecule has 48 heavy (non-hydrogen) atoms. The van der Waals surface area contributed by atoms with Crippen LogP contribution in [0.1, 0.15) is 149 Å². The Bertz CT molecular complexity index is 909. The highest BCUT2D eigenvalue weighted by atomic mass is 31.2. The summed E-state index contributed by atoms with van der Waals surface area (Å²) in [6.07, 6.45) is 34.8. The Kier molecular flexibility index (Phi) is 32.4. The summed E-state index contributed by atoms with van der Waals surface area (Å²) in [6.45, 7) is 3.74. The molecule has 0 amide bonds. The summed E-state index contributed by atoms with van der Waals surface area (Å²) in [4.78, 5) is 33.3. The molecule has 0 aliphatic rings. The molecule has 280 valence electrons. The van der Waals surface area contributed by atoms with Crippen LogP contribution in [-0.2, 0) is 32.7 Å². The summed E-state index contributed by atoms with van der Waals surface area (Å²) in [5.74, 6) is -1.80. The van der Waals surface area contributed by atoms with E-state index in [0.717, 1.165) is 70.6 Å². The number of carbonyl (C=O) groups excluding carboxylic acids is 1. The zero-order chi connectivity index (χ0) is 35.6. The van der Waals surface area contributed by atoms with Crippen LogP contribution >= 0.6 is 7.82 Å². The average molecular weight is 702 g/mol. The number of ether oxygens (including phenoxy) is 2. The number of aliphatic carboxylic acids is 1. The number of carboxylic acids is 1. The van der Waals surface area contributed by atoms with Gasteiger partial charge in [0, 0.05) is 13.0 Å². The maximum Gasteiger partial charge on any atom is 0.472 e. The van der Waals surface area contributed by atoms with Gasteiger partial charge in [-0.05, 0) is 64.2 Å². The number of hydrogen-bond donors (Lipinski definition) is 3. The fourth-order valence-electron chi connectivity index (χ4n) is 4.69. The van der Waals surface area contributed by atoms with E-state index in [2.05, 4.69) is 54.8 Å². The minimum absolute atomic E-state index is 0.00683. The van der Waals surface area contributed by atoms with Gasteiger partial charge >= 0.3 is 19.8 Å². The van der Waals surface area contributed by atoms with Gasteiger partial charge in [-0.1, -0.05) is 115 Å². The minimum Gasteiger partial charge on any atom is -0.480 e. The first kappa shape index (κ1) is 46.2. The maximum absolute atomic E-state index is 12.5. The first-order chi connectivity index (χ1) is 23.2. The van der Waals surface area contributed by atoms with Crippen LogP contribution in [0.3, 0.4) is 0 Å². The van der Waals surface area contributed by atoms with Gasteiger partial charge in [0.2, 0.25) is 0 Å². The van der Waals surface area contributed by atoms with Gasteiger partial charge in [0.1, 0.15) is 12.1 Å². The summed E-state index contributed by atoms with van der Waals surface area (Å²) >= 11 is 0. The molecule has 3 unspecified atom stereocenters. The summed E-state index contributed by atoms with van der Waals surface area (Å²) in [7, 11) is -4.61. The molecule has 0 spiro atoms. The minimum atomic E-state index is -4.61. The third-order valence-corrected chi connectivity index (χ3v) is 8.57. The number of nitrogens with two attached hydrogens (primary N) is 1. The Hall–Kier alpha value is -1.81. The standard InChI is InChI=1S/C37H68NO9P/c1-3-5-7-9-11-13-15-17-19-21-23-25-27-29-36(39)47-34(32-45-48(42,43)46-33-35(38)37(40)41)31-44-30-28-26-24-22-20-18-16-14-12-10-8-6-4-2/h7,9,12-15,34-35H,3-6,8,10-11,16-33,38H2,1-2H3,(H,40,41)(H,42,43)/b9-7-,14-12-,15-13-. The average Bonchev–Trinajstić information content (AvgIpc) is 3.06. The van der Waals surface area contributed by atoms with Gasteiger partial charge in [0.15, 0.2) is 0 Å². The van der Waals surface area contributed by atoms with E-state index in [1.54, 1.807) is 0 Å². The Morgan fingerprint density at radius 1 is 0.667 bits per heavy atom. The van der Waals surface area contributed by atoms with Crippen LogP contribution in [0.15, 0.2) is 36.5 Å². The molecule has 0 saturated heterocycles. The van der Waals surface area contributed by atoms with E-state index in [1.165, 1.54) is 51.4 Å². The van der Waals surface area contributed by atoms with E-state index in [4.69, 9.17) is 24.8 Å². The molecule has 0 rings (SSSR count). The topological polar surface area (TPSA) is 155 Å². The van der Waals surface area contributed by atoms with Gasteiger partial charge in [-0.2, -0.15) is 0 Å². The van der Waals surface area contributed by atoms with Crippen molar-refractivity contribution in [2.24, 2.45) is 5.73 Å². The number of carbonyl (C=O) groups is 2. The van der Waals surface area contributed by atoms with Crippen molar-refractivity contribution in [3.63, 3.8) is 0 Å². The molecule has 4 N–H and O–H groups in total. The Balaban J connectivity index is 4.36. The molecule has 0 radical (unpaired) electrons. The number of carboxylic acid groups (broad SMARTS) is 1. The zero-order valence-corrected chi connectivity index (χ0v) is 31.0. The Labute approximate surface area is 291 Å². The highest BCUT2D eigenvalue weighted by Gasteiger charge is 2.27. The quantitative estimate of drug-likeness (QED) is 0.0252. The van der Waals surface area contributed by atoms with Gasteiger partial charge in [0.25, 0.3) is 0 Å². The molecule has 0 aromatic carbocycles. The van der Waals surface area contributed by atoms with E-state index in [0.29, 0.717) is 13.0 Å². The van der Waals surface area contributed by atoms with Crippen LogP contribution in [0.25, 0.3) is 0 Å². The Morgan fingerprint density at radius 3 is 1.79 bits per heavy atom. The second-order valence-corrected chi connectivity index (χ2v) is 13.8. The van der Waals surface area contributed by atoms with E-state index in [1.807, 2.05) is 0 Å². The lowest BCUT2D eigenvalue weighted by molar-refractivity contribution is -0.154. The fraction of sp³-hybridized carbons (Fsp3) is 0.784. The molecule has 0 aliphatic carbocycles. The van der Waals surface area contributed by atoms with Crippen molar-refractivity contribution >= 4 is 19.8 Å². The molecule has 0 saturated carbocycles. The fourth-order valence-corrected chi connectivity index (χ4v) is 5.47. The van der Waals surface area contributed by atoms with Crippen LogP contribution in [0.5, 0.6) is 0 Å². The van der Waals surface area contributed by atoms with E-state index >= 15 is 0 Å². The van der Waals surface area contributed by atoms with Crippen molar-refractivity contribution in [2.75, 3.05) is 26.4 Å². The van der Waals surface area contributed by atoms with Crippen molar-refractivity contribution in [1.82, 2.24) is 0 Å². The van der Waals surface area contributed by atoms with Crippen molar-refractivity contribution in [3.8, 4) is 0 Å². The molecule has 0 bridgehead atoms. The molecule has 11 heteroatoms. The van der Waals surface area contributed by atoms with E-state index < -0.39 is 45.1 Å². The number of esters is 1. The van der Waals surface area contributed by atoms with E-state index in [9.17, 15) is 19.0 Å². The van der Waals surface area contributed by atoms with Crippen LogP contribution in [0, 0.1) is 0 Å². The van der Waals surface area contributed by atoms with Gasteiger partial charge in [-0.25, -0.2) is 4.57 Å². The largest absolute Gasteiger partial charge is 0.480 e. The summed E-state index contributed by atoms with van der Waals surface area (Å²) in [5, 5.41) is 8.85. The molecule has 0 aromatic heterocycles. The summed E-state index contributed by atoms with van der Waals surface area (Å²) in [6, 6.07) is -1.47. The van der Waals surface area contributed by atoms with Crippen molar-refractivity contribution in [1.29, 1.82) is 0 Å². The van der Waals surface area contributed by atoms with Gasteiger partial charge in [-0.3, -0.25) is 18.6 Å². The van der Waals surface area contributed by atoms with E-state index in [-0.39, 0.29) is 13.0 Å². The van der Waals surface area contributed by atoms with Crippen LogP contribution < -0.4 is 5.73 Å². The first-order valence-electron chi connectivity index (χ1n) is 18.5. The predicted octanol–water partition coefficient (Wildman–Crippen LogP) is 9.36. The number of allylic oxidation sites excluding steroid dienone is 6. The lowest BCUT2D eigenvalue weighted by atomic mass is 10.1. The highest BCUT2D eigenvalue weighted by Crippen LogP contribution is 2.43. The predicted molar refractivity (Wildman–Crippen MR) is 194 cm³/mol. The van der Waals surface area contributed by atoms with Crippen LogP contribution in [-0.4, -0.2) is 60.5 Å². The van der Waals surface area contributed by atoms with Crippen molar-refractivity contribution < 1.29 is 42.7 Å². The first-order valence-corrected chi connectivity index (χ1v) is 20.0. The summed E-state index contributed by atoms with van der Waals surface area (Å²) < 4.78 is 33.1. The lowest BCUT2D eigenvalue weighted by Crippen LogP contribution is -2.34. The molecular weight excluding hydrogens is 633 g/mol. The number of phosphoric ester groups is 1. The second-order valence-electron chi connectivity index (χ2n) is 12.3. The second kappa shape index (κ2) is 33.7. The maximum atomic E-state index is 12.5. The molecule has 10 nitrogen and oxygen atoms in total. The molecule has 0 aliphatic heterocycles. The third-order valence-electron chi connectivity index (χ3n) is 7.62.